The van der Waals surface area contributed by atoms with Crippen LogP contribution in [0.25, 0.3) is 10.2 Å². The van der Waals surface area contributed by atoms with Crippen LogP contribution in [0.5, 0.6) is 11.5 Å². The van der Waals surface area contributed by atoms with Crippen LogP contribution in [0.1, 0.15) is 13.8 Å². The molecule has 11 heteroatoms. The number of hydrogen-bond donors (Lipinski definition) is 0. The van der Waals surface area contributed by atoms with Crippen molar-refractivity contribution < 1.29 is 22.7 Å². The molecule has 0 atom stereocenters. The first-order valence-electron chi connectivity index (χ1n) is 10.7. The van der Waals surface area contributed by atoms with Crippen LogP contribution in [0.3, 0.4) is 0 Å². The van der Waals surface area contributed by atoms with Crippen LogP contribution < -0.4 is 14.4 Å². The average molecular weight is 528 g/mol. The van der Waals surface area contributed by atoms with Gasteiger partial charge in [0.15, 0.2) is 15.0 Å². The number of methoxy groups -OCH3 is 2. The predicted molar refractivity (Wildman–Crippen MR) is 139 cm³/mol. The molecule has 0 bridgehead atoms. The van der Waals surface area contributed by atoms with E-state index in [4.69, 9.17) is 9.47 Å². The quantitative estimate of drug-likeness (QED) is 0.374. The van der Waals surface area contributed by atoms with Gasteiger partial charge in [0, 0.05) is 13.1 Å². The van der Waals surface area contributed by atoms with Crippen LogP contribution in [0.15, 0.2) is 47.4 Å². The summed E-state index contributed by atoms with van der Waals surface area (Å²) in [4.78, 5) is 21.7. The lowest BCUT2D eigenvalue weighted by molar-refractivity contribution is -0.116. The molecule has 1 amide bonds. The maximum absolute atomic E-state index is 13.3. The minimum atomic E-state index is -3.80. The summed E-state index contributed by atoms with van der Waals surface area (Å²) in [6.07, 6.45) is 0. The molecule has 186 valence electrons. The van der Waals surface area contributed by atoms with E-state index >= 15 is 0 Å². The number of aromatic nitrogens is 1. The van der Waals surface area contributed by atoms with Crippen LogP contribution >= 0.6 is 23.7 Å². The van der Waals surface area contributed by atoms with Gasteiger partial charge in [-0.3, -0.25) is 9.69 Å². The number of nitrogens with zero attached hydrogens (tertiary/aromatic N) is 3. The molecular formula is C23H30ClN3O5S2. The molecule has 0 N–H and O–H groups in total. The van der Waals surface area contributed by atoms with Crippen molar-refractivity contribution in [3.63, 3.8) is 0 Å². The number of benzene rings is 2. The summed E-state index contributed by atoms with van der Waals surface area (Å²) >= 11 is 1.28. The number of likely N-dealkylation sites (N-methyl/N-ethyl adjacent to an activating group) is 1. The number of fused-ring (bicyclic) bond motifs is 1. The van der Waals surface area contributed by atoms with E-state index in [0.29, 0.717) is 35.2 Å². The van der Waals surface area contributed by atoms with Gasteiger partial charge in [0.25, 0.3) is 0 Å². The van der Waals surface area contributed by atoms with E-state index in [1.165, 1.54) is 28.4 Å². The zero-order valence-corrected chi connectivity index (χ0v) is 22.1. The van der Waals surface area contributed by atoms with E-state index in [2.05, 4.69) is 9.88 Å². The van der Waals surface area contributed by atoms with E-state index < -0.39 is 21.5 Å². The molecule has 0 aliphatic carbocycles. The molecular weight excluding hydrogens is 498 g/mol. The average Bonchev–Trinajstić information content (AvgIpc) is 3.26. The first kappa shape index (κ1) is 27.8. The van der Waals surface area contributed by atoms with Crippen LogP contribution in [-0.4, -0.2) is 70.4 Å². The fourth-order valence-electron chi connectivity index (χ4n) is 3.45. The Morgan fingerprint density at radius 3 is 2.18 bits per heavy atom. The summed E-state index contributed by atoms with van der Waals surface area (Å²) in [5.74, 6) is 0.00590. The highest BCUT2D eigenvalue weighted by atomic mass is 35.5. The van der Waals surface area contributed by atoms with Gasteiger partial charge < -0.3 is 14.4 Å². The van der Waals surface area contributed by atoms with Gasteiger partial charge in [0.2, 0.25) is 5.91 Å². The number of carbonyl (C=O) groups excluding carboxylic acids is 1. The lowest BCUT2D eigenvalue weighted by Crippen LogP contribution is -2.41. The van der Waals surface area contributed by atoms with Gasteiger partial charge in [-0.25, -0.2) is 13.4 Å². The summed E-state index contributed by atoms with van der Waals surface area (Å²) in [6.45, 7) is 6.64. The number of sulfone groups is 1. The number of thiazole rings is 1. The molecule has 0 aliphatic rings. The molecule has 1 aromatic heterocycles. The van der Waals surface area contributed by atoms with Crippen molar-refractivity contribution in [3.05, 3.63) is 42.5 Å². The molecule has 2 aromatic carbocycles. The Hall–Kier alpha value is -2.40. The van der Waals surface area contributed by atoms with Gasteiger partial charge in [-0.2, -0.15) is 0 Å². The van der Waals surface area contributed by atoms with Crippen molar-refractivity contribution in [2.24, 2.45) is 0 Å². The highest BCUT2D eigenvalue weighted by molar-refractivity contribution is 7.92. The maximum atomic E-state index is 13.3. The molecule has 3 aromatic rings. The van der Waals surface area contributed by atoms with E-state index in [1.54, 1.807) is 44.6 Å². The number of halogens is 1. The molecule has 0 unspecified atom stereocenters. The highest BCUT2D eigenvalue weighted by Gasteiger charge is 2.27. The number of amides is 1. The summed E-state index contributed by atoms with van der Waals surface area (Å²) in [6, 6.07) is 11.5. The largest absolute Gasteiger partial charge is 0.495 e. The summed E-state index contributed by atoms with van der Waals surface area (Å²) < 4.78 is 37.4. The third-order valence-corrected chi connectivity index (χ3v) is 8.09. The predicted octanol–water partition coefficient (Wildman–Crippen LogP) is 3.88. The molecule has 0 saturated heterocycles. The Morgan fingerprint density at radius 2 is 1.59 bits per heavy atom. The Morgan fingerprint density at radius 1 is 0.971 bits per heavy atom. The lowest BCUT2D eigenvalue weighted by Gasteiger charge is -2.24. The Balaban J connectivity index is 0.00000408. The van der Waals surface area contributed by atoms with Gasteiger partial charge in [-0.05, 0) is 37.4 Å². The fraction of sp³-hybridized carbons (Fsp3) is 0.391. The van der Waals surface area contributed by atoms with E-state index in [-0.39, 0.29) is 17.3 Å². The zero-order valence-electron chi connectivity index (χ0n) is 19.7. The summed E-state index contributed by atoms with van der Waals surface area (Å²) in [5.41, 5.74) is 0.573. The third-order valence-electron chi connectivity index (χ3n) is 5.38. The monoisotopic (exact) mass is 527 g/mol. The Kier molecular flexibility index (Phi) is 10.1. The van der Waals surface area contributed by atoms with Crippen molar-refractivity contribution >= 4 is 54.8 Å². The van der Waals surface area contributed by atoms with Gasteiger partial charge in [-0.1, -0.05) is 43.4 Å². The fourth-order valence-corrected chi connectivity index (χ4v) is 5.79. The molecule has 0 spiro atoms. The Labute approximate surface area is 210 Å². The second-order valence-corrected chi connectivity index (χ2v) is 10.3. The molecule has 0 aliphatic heterocycles. The van der Waals surface area contributed by atoms with Crippen molar-refractivity contribution in [2.75, 3.05) is 51.1 Å². The molecule has 3 rings (SSSR count). The SMILES string of the molecule is CCN(CC)CCN(C(=O)CS(=O)(=O)c1ccccc1)c1nc2c(OC)ccc(OC)c2s1.Cl. The molecule has 0 saturated carbocycles. The second kappa shape index (κ2) is 12.3. The van der Waals surface area contributed by atoms with Crippen molar-refractivity contribution in [1.29, 1.82) is 0 Å². The summed E-state index contributed by atoms with van der Waals surface area (Å²) in [5, 5.41) is 0.410. The van der Waals surface area contributed by atoms with E-state index in [9.17, 15) is 13.2 Å². The summed E-state index contributed by atoms with van der Waals surface area (Å²) in [7, 11) is -0.678. The van der Waals surface area contributed by atoms with Crippen molar-refractivity contribution in [1.82, 2.24) is 9.88 Å². The third kappa shape index (κ3) is 6.18. The number of anilines is 1. The Bertz CT molecular complexity index is 1160. The minimum Gasteiger partial charge on any atom is -0.495 e. The van der Waals surface area contributed by atoms with Crippen molar-refractivity contribution in [2.45, 2.75) is 18.7 Å². The number of hydrogen-bond acceptors (Lipinski definition) is 8. The first-order chi connectivity index (χ1) is 15.8. The van der Waals surface area contributed by atoms with Crippen LogP contribution in [-0.2, 0) is 14.6 Å². The topological polar surface area (TPSA) is 89.0 Å². The van der Waals surface area contributed by atoms with Gasteiger partial charge in [0.1, 0.15) is 27.5 Å². The number of ether oxygens (including phenoxy) is 2. The zero-order chi connectivity index (χ0) is 24.0. The molecule has 0 radical (unpaired) electrons. The number of rotatable bonds is 11. The van der Waals surface area contributed by atoms with Crippen LogP contribution in [0, 0.1) is 0 Å². The van der Waals surface area contributed by atoms with Crippen molar-refractivity contribution in [3.8, 4) is 11.5 Å². The van der Waals surface area contributed by atoms with Gasteiger partial charge in [0.05, 0.1) is 19.1 Å². The molecule has 1 heterocycles. The minimum absolute atomic E-state index is 0. The van der Waals surface area contributed by atoms with Crippen LogP contribution in [0.2, 0.25) is 0 Å². The van der Waals surface area contributed by atoms with Gasteiger partial charge >= 0.3 is 0 Å². The number of carbonyl (C=O) groups is 1. The smallest absolute Gasteiger partial charge is 0.244 e. The lowest BCUT2D eigenvalue weighted by atomic mass is 10.3. The van der Waals surface area contributed by atoms with Crippen LogP contribution in [0.4, 0.5) is 5.13 Å². The molecule has 0 fully saturated rings. The standard InChI is InChI=1S/C23H29N3O5S2.ClH/c1-5-25(6-2)14-15-26(20(27)16-33(28,29)17-10-8-7-9-11-17)23-24-21-18(30-3)12-13-19(31-4)22(21)32-23;/h7-13H,5-6,14-16H2,1-4H3;1H. The first-order valence-corrected chi connectivity index (χ1v) is 13.1. The van der Waals surface area contributed by atoms with Gasteiger partial charge in [-0.15, -0.1) is 12.4 Å². The second-order valence-electron chi connectivity index (χ2n) is 7.29. The highest BCUT2D eigenvalue weighted by Crippen LogP contribution is 2.40. The van der Waals surface area contributed by atoms with E-state index in [1.807, 2.05) is 13.8 Å². The maximum Gasteiger partial charge on any atom is 0.244 e. The van der Waals surface area contributed by atoms with E-state index in [0.717, 1.165) is 17.8 Å². The normalized spacial score (nSPS) is 11.3. The molecule has 8 nitrogen and oxygen atoms in total. The molecule has 34 heavy (non-hydrogen) atoms.